The second-order valence-electron chi connectivity index (χ2n) is 5.07. The van der Waals surface area contributed by atoms with E-state index in [2.05, 4.69) is 10.6 Å². The van der Waals surface area contributed by atoms with Crippen LogP contribution < -0.4 is 10.6 Å². The molecule has 3 N–H and O–H groups in total. The van der Waals surface area contributed by atoms with Crippen LogP contribution in [0.25, 0.3) is 0 Å². The number of hydrogen-bond acceptors (Lipinski definition) is 4. The molecule has 2 rings (SSSR count). The number of unbranched alkanes of at least 4 members (excludes halogenated alkanes) is 1. The maximum atomic E-state index is 11.8. The summed E-state index contributed by atoms with van der Waals surface area (Å²) < 4.78 is 0. The first-order valence-electron chi connectivity index (χ1n) is 6.62. The molecule has 2 saturated heterocycles. The van der Waals surface area contributed by atoms with E-state index in [0.717, 1.165) is 12.8 Å². The maximum absolute atomic E-state index is 11.8. The molecule has 0 bridgehead atoms. The summed E-state index contributed by atoms with van der Waals surface area (Å²) in [6.07, 6.45) is 1.71. The van der Waals surface area contributed by atoms with Crippen LogP contribution in [0.3, 0.4) is 0 Å². The van der Waals surface area contributed by atoms with Gasteiger partial charge in [0.2, 0.25) is 5.91 Å². The molecule has 3 unspecified atom stereocenters. The Labute approximate surface area is 111 Å². The molecule has 0 saturated carbocycles. The van der Waals surface area contributed by atoms with Gasteiger partial charge in [-0.25, -0.2) is 4.79 Å². The Balaban J connectivity index is 2.11. The van der Waals surface area contributed by atoms with E-state index in [9.17, 15) is 14.4 Å². The topological polar surface area (TPSA) is 98.7 Å². The van der Waals surface area contributed by atoms with E-state index in [1.165, 1.54) is 0 Å². The number of amides is 3. The van der Waals surface area contributed by atoms with Crippen molar-refractivity contribution in [2.24, 2.45) is 11.8 Å². The lowest BCUT2D eigenvalue weighted by atomic mass is 9.85. The largest absolute Gasteiger partial charge is 0.481 e. The molecule has 0 radical (unpaired) electrons. The van der Waals surface area contributed by atoms with Gasteiger partial charge in [0.05, 0.1) is 18.0 Å². The molecule has 2 aliphatic rings. The van der Waals surface area contributed by atoms with Gasteiger partial charge in [0.15, 0.2) is 0 Å². The van der Waals surface area contributed by atoms with Crippen molar-refractivity contribution in [3.05, 3.63) is 0 Å². The lowest BCUT2D eigenvalue weighted by molar-refractivity contribution is -0.145. The van der Waals surface area contributed by atoms with Crippen LogP contribution in [0.4, 0.5) is 4.79 Å². The Bertz CT molecular complexity index is 398. The first kappa shape index (κ1) is 13.8. The van der Waals surface area contributed by atoms with E-state index in [-0.39, 0.29) is 24.5 Å². The lowest BCUT2D eigenvalue weighted by Gasteiger charge is -2.44. The third-order valence-electron chi connectivity index (χ3n) is 3.76. The van der Waals surface area contributed by atoms with Gasteiger partial charge in [-0.15, -0.1) is 0 Å². The molecule has 106 valence electrons. The number of urea groups is 1. The van der Waals surface area contributed by atoms with Crippen molar-refractivity contribution in [2.45, 2.75) is 32.4 Å². The van der Waals surface area contributed by atoms with Crippen LogP contribution in [0.2, 0.25) is 0 Å². The average molecular weight is 269 g/mol. The highest BCUT2D eigenvalue weighted by Gasteiger charge is 2.45. The molecular weight excluding hydrogens is 250 g/mol. The number of carboxylic acid groups (broad SMARTS) is 1. The van der Waals surface area contributed by atoms with Crippen molar-refractivity contribution in [1.29, 1.82) is 0 Å². The third kappa shape index (κ3) is 2.70. The van der Waals surface area contributed by atoms with Gasteiger partial charge in [-0.3, -0.25) is 20.2 Å². The summed E-state index contributed by atoms with van der Waals surface area (Å²) in [6.45, 7) is 2.89. The molecule has 0 aliphatic carbocycles. The second kappa shape index (κ2) is 5.56. The van der Waals surface area contributed by atoms with Crippen LogP contribution in [-0.2, 0) is 9.59 Å². The highest BCUT2D eigenvalue weighted by atomic mass is 16.4. The highest BCUT2D eigenvalue weighted by Crippen LogP contribution is 2.27. The van der Waals surface area contributed by atoms with Gasteiger partial charge < -0.3 is 10.0 Å². The van der Waals surface area contributed by atoms with Crippen molar-refractivity contribution >= 4 is 17.9 Å². The summed E-state index contributed by atoms with van der Waals surface area (Å²) in [5, 5.41) is 14.4. The number of hydrogen-bond donors (Lipinski definition) is 3. The Morgan fingerprint density at radius 2 is 2.21 bits per heavy atom. The number of piperidine rings is 1. The minimum absolute atomic E-state index is 0.273. The van der Waals surface area contributed by atoms with Crippen molar-refractivity contribution < 1.29 is 19.5 Å². The molecule has 0 aromatic rings. The average Bonchev–Trinajstić information content (AvgIpc) is 2.38. The Hall–Kier alpha value is -1.63. The van der Waals surface area contributed by atoms with Crippen molar-refractivity contribution in [3.8, 4) is 0 Å². The number of rotatable bonds is 4. The summed E-state index contributed by atoms with van der Waals surface area (Å²) in [6, 6.07) is -0.388. The van der Waals surface area contributed by atoms with Crippen molar-refractivity contribution in [2.75, 3.05) is 13.1 Å². The van der Waals surface area contributed by atoms with Crippen LogP contribution in [0.1, 0.15) is 26.2 Å². The number of carboxylic acids is 1. The predicted octanol–water partition coefficient (Wildman–Crippen LogP) is -0.0253. The first-order valence-corrected chi connectivity index (χ1v) is 6.62. The molecule has 2 heterocycles. The van der Waals surface area contributed by atoms with Gasteiger partial charge in [0.25, 0.3) is 0 Å². The van der Waals surface area contributed by atoms with E-state index in [1.54, 1.807) is 4.90 Å². The van der Waals surface area contributed by atoms with Crippen molar-refractivity contribution in [1.82, 2.24) is 15.5 Å². The highest BCUT2D eigenvalue weighted by molar-refractivity contribution is 5.98. The zero-order valence-electron chi connectivity index (χ0n) is 10.9. The van der Waals surface area contributed by atoms with Gasteiger partial charge in [0.1, 0.15) is 0 Å². The van der Waals surface area contributed by atoms with E-state index in [1.807, 2.05) is 6.92 Å². The number of fused-ring (bicyclic) bond motifs is 1. The molecule has 3 atom stereocenters. The molecule has 0 aromatic heterocycles. The molecule has 0 aromatic carbocycles. The molecule has 3 amide bonds. The molecular formula is C12H19N3O4. The Kier molecular flexibility index (Phi) is 4.04. The molecule has 2 aliphatic heterocycles. The zero-order chi connectivity index (χ0) is 14.0. The number of nitrogens with zero attached hydrogens (tertiary/aromatic N) is 1. The monoisotopic (exact) mass is 269 g/mol. The third-order valence-corrected chi connectivity index (χ3v) is 3.76. The van der Waals surface area contributed by atoms with Gasteiger partial charge in [-0.2, -0.15) is 0 Å². The molecule has 19 heavy (non-hydrogen) atoms. The summed E-state index contributed by atoms with van der Waals surface area (Å²) >= 11 is 0. The standard InChI is InChI=1S/C12H19N3O4/c1-2-3-4-15-9-8(10(16)14-12(15)19)5-7(6-13-9)11(17)18/h7-9,13H,2-6H2,1H3,(H,17,18)(H,14,16,19). The zero-order valence-corrected chi connectivity index (χ0v) is 10.9. The fourth-order valence-electron chi connectivity index (χ4n) is 2.66. The van der Waals surface area contributed by atoms with Gasteiger partial charge in [-0.1, -0.05) is 13.3 Å². The fraction of sp³-hybridized carbons (Fsp3) is 0.750. The van der Waals surface area contributed by atoms with Gasteiger partial charge in [0, 0.05) is 13.1 Å². The summed E-state index contributed by atoms with van der Waals surface area (Å²) in [5.41, 5.74) is 0. The number of nitrogens with one attached hydrogen (secondary N) is 2. The second-order valence-corrected chi connectivity index (χ2v) is 5.07. The normalized spacial score (nSPS) is 30.8. The van der Waals surface area contributed by atoms with Crippen LogP contribution in [0, 0.1) is 11.8 Å². The first-order chi connectivity index (χ1) is 9.04. The molecule has 2 fully saturated rings. The number of imide groups is 1. The quantitative estimate of drug-likeness (QED) is 0.666. The van der Waals surface area contributed by atoms with Crippen LogP contribution in [0.5, 0.6) is 0 Å². The smallest absolute Gasteiger partial charge is 0.325 e. The summed E-state index contributed by atoms with van der Waals surface area (Å²) in [4.78, 5) is 36.3. The van der Waals surface area contributed by atoms with Crippen LogP contribution in [-0.4, -0.2) is 47.2 Å². The Morgan fingerprint density at radius 1 is 1.47 bits per heavy atom. The fourth-order valence-corrected chi connectivity index (χ4v) is 2.66. The minimum atomic E-state index is -0.907. The van der Waals surface area contributed by atoms with Crippen LogP contribution >= 0.6 is 0 Å². The number of aliphatic carboxylic acids is 1. The number of carbonyl (C=O) groups excluding carboxylic acids is 2. The van der Waals surface area contributed by atoms with E-state index in [0.29, 0.717) is 13.1 Å². The summed E-state index contributed by atoms with van der Waals surface area (Å²) in [5.74, 6) is -2.34. The summed E-state index contributed by atoms with van der Waals surface area (Å²) in [7, 11) is 0. The van der Waals surface area contributed by atoms with E-state index >= 15 is 0 Å². The molecule has 7 heteroatoms. The maximum Gasteiger partial charge on any atom is 0.325 e. The van der Waals surface area contributed by atoms with Crippen LogP contribution in [0.15, 0.2) is 0 Å². The van der Waals surface area contributed by atoms with E-state index < -0.39 is 17.8 Å². The van der Waals surface area contributed by atoms with Gasteiger partial charge in [-0.05, 0) is 12.8 Å². The van der Waals surface area contributed by atoms with Crippen molar-refractivity contribution in [3.63, 3.8) is 0 Å². The molecule has 0 spiro atoms. The van der Waals surface area contributed by atoms with Gasteiger partial charge >= 0.3 is 12.0 Å². The predicted molar refractivity (Wildman–Crippen MR) is 66.2 cm³/mol. The Morgan fingerprint density at radius 3 is 2.84 bits per heavy atom. The number of carbonyl (C=O) groups is 3. The SMILES string of the molecule is CCCCN1C(=O)NC(=O)C2CC(C(=O)O)CNC21. The minimum Gasteiger partial charge on any atom is -0.481 e. The van der Waals surface area contributed by atoms with E-state index in [4.69, 9.17) is 5.11 Å². The molecule has 7 nitrogen and oxygen atoms in total. The lowest BCUT2D eigenvalue weighted by Crippen LogP contribution is -2.68.